The van der Waals surface area contributed by atoms with E-state index in [2.05, 4.69) is 54.6 Å². The van der Waals surface area contributed by atoms with Crippen LogP contribution in [0, 0.1) is 0 Å². The summed E-state index contributed by atoms with van der Waals surface area (Å²) in [5.41, 5.74) is 0. The summed E-state index contributed by atoms with van der Waals surface area (Å²) < 4.78 is 10.3. The number of fused-ring (bicyclic) bond motifs is 8. The van der Waals surface area contributed by atoms with Crippen LogP contribution in [0.4, 0.5) is 0 Å². The standard InChI is InChI=1S/C22H12BO2S2/c24-23-25-13-6-8-18-15(9-13)16-10-17-21(11-20(16)26-18)27-19-7-5-12-3-1-2-4-14(12)22(17)19/h1-11,24H. The summed E-state index contributed by atoms with van der Waals surface area (Å²) in [5.74, 6) is 0.644. The average Bonchev–Trinajstić information content (AvgIpc) is 3.23. The smallest absolute Gasteiger partial charge is 0.537 e. The van der Waals surface area contributed by atoms with Crippen LogP contribution in [0.5, 0.6) is 5.75 Å². The Morgan fingerprint density at radius 2 is 1.44 bits per heavy atom. The maximum Gasteiger partial charge on any atom is 0.569 e. The molecule has 0 aliphatic rings. The van der Waals surface area contributed by atoms with Gasteiger partial charge in [0.1, 0.15) is 5.75 Å². The predicted molar refractivity (Wildman–Crippen MR) is 118 cm³/mol. The molecule has 4 aromatic carbocycles. The minimum atomic E-state index is 0.644. The van der Waals surface area contributed by atoms with Crippen molar-refractivity contribution in [2.75, 3.05) is 0 Å². The first-order valence-electron chi connectivity index (χ1n) is 8.65. The van der Waals surface area contributed by atoms with Crippen molar-refractivity contribution in [2.24, 2.45) is 0 Å². The SMILES string of the molecule is O[B]Oc1ccc2sc3cc4sc5ccc6ccccc6c5c4cc3c2c1. The summed E-state index contributed by atoms with van der Waals surface area (Å²) >= 11 is 3.65. The molecule has 2 heterocycles. The maximum absolute atomic E-state index is 8.94. The molecular weight excluding hydrogens is 371 g/mol. The molecule has 5 heteroatoms. The third kappa shape index (κ3) is 2.23. The summed E-state index contributed by atoms with van der Waals surface area (Å²) in [6.45, 7) is 0. The lowest BCUT2D eigenvalue weighted by atomic mass is 10.0. The van der Waals surface area contributed by atoms with Gasteiger partial charge in [-0.05, 0) is 47.2 Å². The van der Waals surface area contributed by atoms with Gasteiger partial charge in [0.05, 0.1) is 0 Å². The molecule has 0 fully saturated rings. The van der Waals surface area contributed by atoms with E-state index in [9.17, 15) is 0 Å². The van der Waals surface area contributed by atoms with Gasteiger partial charge in [0.25, 0.3) is 0 Å². The molecule has 27 heavy (non-hydrogen) atoms. The van der Waals surface area contributed by atoms with Gasteiger partial charge in [-0.2, -0.15) is 0 Å². The average molecular weight is 383 g/mol. The van der Waals surface area contributed by atoms with Gasteiger partial charge in [0.15, 0.2) is 0 Å². The molecule has 6 rings (SSSR count). The Balaban J connectivity index is 1.76. The van der Waals surface area contributed by atoms with Gasteiger partial charge in [-0.25, -0.2) is 0 Å². The van der Waals surface area contributed by atoms with E-state index in [-0.39, 0.29) is 0 Å². The van der Waals surface area contributed by atoms with E-state index in [0.29, 0.717) is 5.75 Å². The topological polar surface area (TPSA) is 29.5 Å². The van der Waals surface area contributed by atoms with Crippen LogP contribution in [0.3, 0.4) is 0 Å². The molecule has 0 saturated heterocycles. The first kappa shape index (κ1) is 15.5. The molecule has 2 aromatic heterocycles. The van der Waals surface area contributed by atoms with Crippen molar-refractivity contribution in [3.05, 3.63) is 66.7 Å². The van der Waals surface area contributed by atoms with Gasteiger partial charge >= 0.3 is 7.69 Å². The highest BCUT2D eigenvalue weighted by Crippen LogP contribution is 2.44. The number of benzene rings is 4. The molecule has 1 radical (unpaired) electrons. The van der Waals surface area contributed by atoms with E-state index >= 15 is 0 Å². The number of thiophene rings is 2. The highest BCUT2D eigenvalue weighted by molar-refractivity contribution is 7.28. The summed E-state index contributed by atoms with van der Waals surface area (Å²) in [5, 5.41) is 16.6. The lowest BCUT2D eigenvalue weighted by Crippen LogP contribution is -1.98. The first-order valence-corrected chi connectivity index (χ1v) is 10.3. The summed E-state index contributed by atoms with van der Waals surface area (Å²) in [7, 11) is 0.729. The van der Waals surface area contributed by atoms with Crippen LogP contribution in [0.25, 0.3) is 51.1 Å². The molecule has 2 nitrogen and oxygen atoms in total. The van der Waals surface area contributed by atoms with Gasteiger partial charge < -0.3 is 9.68 Å². The third-order valence-electron chi connectivity index (χ3n) is 5.11. The van der Waals surface area contributed by atoms with Gasteiger partial charge in [0, 0.05) is 40.3 Å². The van der Waals surface area contributed by atoms with Crippen LogP contribution in [-0.4, -0.2) is 12.7 Å². The molecule has 0 amide bonds. The van der Waals surface area contributed by atoms with E-state index in [1.807, 2.05) is 23.5 Å². The fourth-order valence-corrected chi connectivity index (χ4v) is 6.25. The molecule has 127 valence electrons. The van der Waals surface area contributed by atoms with Gasteiger partial charge in [-0.15, -0.1) is 22.7 Å². The van der Waals surface area contributed by atoms with E-state index in [1.165, 1.54) is 45.7 Å². The second kappa shape index (κ2) is 5.70. The zero-order valence-electron chi connectivity index (χ0n) is 14.1. The molecule has 0 aliphatic carbocycles. The highest BCUT2D eigenvalue weighted by Gasteiger charge is 2.13. The van der Waals surface area contributed by atoms with Crippen molar-refractivity contribution in [3.63, 3.8) is 0 Å². The summed E-state index contributed by atoms with van der Waals surface area (Å²) in [6.07, 6.45) is 0. The fourth-order valence-electron chi connectivity index (χ4n) is 3.93. The minimum Gasteiger partial charge on any atom is -0.537 e. The number of hydrogen-bond donors (Lipinski definition) is 1. The monoisotopic (exact) mass is 383 g/mol. The molecular formula is C22H12BO2S2. The van der Waals surface area contributed by atoms with Crippen molar-refractivity contribution >= 4 is 81.5 Å². The molecule has 0 bridgehead atoms. The molecule has 0 spiro atoms. The molecule has 6 aromatic rings. The highest BCUT2D eigenvalue weighted by atomic mass is 32.1. The molecule has 0 saturated carbocycles. The van der Waals surface area contributed by atoms with E-state index in [4.69, 9.17) is 9.68 Å². The Hall–Kier alpha value is -2.60. The Kier molecular flexibility index (Phi) is 3.26. The summed E-state index contributed by atoms with van der Waals surface area (Å²) in [6, 6.07) is 23.6. The molecule has 0 aliphatic heterocycles. The Morgan fingerprint density at radius 3 is 2.37 bits per heavy atom. The maximum atomic E-state index is 8.94. The van der Waals surface area contributed by atoms with Crippen LogP contribution >= 0.6 is 22.7 Å². The molecule has 0 atom stereocenters. The van der Waals surface area contributed by atoms with Gasteiger partial charge in [-0.1, -0.05) is 30.3 Å². The predicted octanol–water partition coefficient (Wildman–Crippen LogP) is 6.48. The molecule has 1 N–H and O–H groups in total. The van der Waals surface area contributed by atoms with Crippen molar-refractivity contribution in [3.8, 4) is 5.75 Å². The lowest BCUT2D eigenvalue weighted by Gasteiger charge is -2.02. The zero-order valence-corrected chi connectivity index (χ0v) is 15.7. The third-order valence-corrected chi connectivity index (χ3v) is 7.36. The normalized spacial score (nSPS) is 11.9. The minimum absolute atomic E-state index is 0.644. The number of hydrogen-bond acceptors (Lipinski definition) is 4. The van der Waals surface area contributed by atoms with Crippen molar-refractivity contribution in [1.82, 2.24) is 0 Å². The first-order chi connectivity index (χ1) is 13.3. The quantitative estimate of drug-likeness (QED) is 0.347. The Bertz CT molecular complexity index is 1500. The van der Waals surface area contributed by atoms with Gasteiger partial charge in [-0.3, -0.25) is 0 Å². The number of rotatable bonds is 2. The summed E-state index contributed by atoms with van der Waals surface area (Å²) in [4.78, 5) is 0. The second-order valence-corrected chi connectivity index (χ2v) is 8.76. The fraction of sp³-hybridized carbons (Fsp3) is 0. The Labute approximate surface area is 163 Å². The lowest BCUT2D eigenvalue weighted by molar-refractivity contribution is 0.454. The van der Waals surface area contributed by atoms with Crippen molar-refractivity contribution in [2.45, 2.75) is 0 Å². The van der Waals surface area contributed by atoms with E-state index in [1.54, 1.807) is 11.3 Å². The zero-order chi connectivity index (χ0) is 18.0. The van der Waals surface area contributed by atoms with Crippen LogP contribution < -0.4 is 4.65 Å². The van der Waals surface area contributed by atoms with E-state index < -0.39 is 0 Å². The van der Waals surface area contributed by atoms with Crippen LogP contribution in [-0.2, 0) is 0 Å². The van der Waals surface area contributed by atoms with E-state index in [0.717, 1.165) is 13.1 Å². The molecule has 0 unspecified atom stereocenters. The van der Waals surface area contributed by atoms with Gasteiger partial charge in [0.2, 0.25) is 0 Å². The van der Waals surface area contributed by atoms with Crippen molar-refractivity contribution < 1.29 is 9.68 Å². The second-order valence-electron chi connectivity index (χ2n) is 6.59. The largest absolute Gasteiger partial charge is 0.569 e. The van der Waals surface area contributed by atoms with Crippen LogP contribution in [0.15, 0.2) is 66.7 Å². The van der Waals surface area contributed by atoms with Crippen LogP contribution in [0.1, 0.15) is 0 Å². The Morgan fingerprint density at radius 1 is 0.667 bits per heavy atom. The van der Waals surface area contributed by atoms with Crippen LogP contribution in [0.2, 0.25) is 0 Å². The van der Waals surface area contributed by atoms with Crippen molar-refractivity contribution in [1.29, 1.82) is 0 Å².